The zero-order chi connectivity index (χ0) is 21.1. The summed E-state index contributed by atoms with van der Waals surface area (Å²) in [6.07, 6.45) is 3.59. The minimum Gasteiger partial charge on any atom is -0.489 e. The number of nitrogens with zero attached hydrogens (tertiary/aromatic N) is 3. The maximum atomic E-state index is 12.7. The summed E-state index contributed by atoms with van der Waals surface area (Å²) >= 11 is 0. The van der Waals surface area contributed by atoms with Crippen molar-refractivity contribution in [1.29, 1.82) is 0 Å². The fourth-order valence-electron chi connectivity index (χ4n) is 3.31. The second-order valence-corrected chi connectivity index (χ2v) is 8.02. The molecule has 6 nitrogen and oxygen atoms in total. The van der Waals surface area contributed by atoms with Gasteiger partial charge in [0.1, 0.15) is 12.4 Å². The first-order valence-corrected chi connectivity index (χ1v) is 9.99. The van der Waals surface area contributed by atoms with Crippen molar-refractivity contribution in [3.63, 3.8) is 0 Å². The van der Waals surface area contributed by atoms with Gasteiger partial charge in [-0.3, -0.25) is 14.0 Å². The van der Waals surface area contributed by atoms with E-state index in [1.54, 1.807) is 10.8 Å². The second-order valence-electron chi connectivity index (χ2n) is 8.02. The van der Waals surface area contributed by atoms with Crippen LogP contribution in [0.25, 0.3) is 16.6 Å². The van der Waals surface area contributed by atoms with Gasteiger partial charge in [0.15, 0.2) is 0 Å². The Morgan fingerprint density at radius 1 is 1.07 bits per heavy atom. The quantitative estimate of drug-likeness (QED) is 0.511. The van der Waals surface area contributed by atoms with Crippen LogP contribution in [0.1, 0.15) is 19.4 Å². The summed E-state index contributed by atoms with van der Waals surface area (Å²) in [4.78, 5) is 12.7. The molecule has 2 aromatic heterocycles. The lowest BCUT2D eigenvalue weighted by atomic mass is 10.1. The second kappa shape index (κ2) is 8.16. The summed E-state index contributed by atoms with van der Waals surface area (Å²) in [6.45, 7) is 5.45. The predicted octanol–water partition coefficient (Wildman–Crippen LogP) is 3.76. The fraction of sp³-hybridized carbons (Fsp3) is 0.250. The smallest absolute Gasteiger partial charge is 0.258 e. The van der Waals surface area contributed by atoms with Gasteiger partial charge in [0, 0.05) is 28.9 Å². The highest BCUT2D eigenvalue weighted by Gasteiger charge is 2.17. The van der Waals surface area contributed by atoms with Crippen LogP contribution in [0, 0.1) is 0 Å². The third-order valence-electron chi connectivity index (χ3n) is 5.26. The molecule has 0 spiro atoms. The first kappa shape index (κ1) is 19.9. The van der Waals surface area contributed by atoms with Crippen molar-refractivity contribution in [2.45, 2.75) is 32.5 Å². The van der Waals surface area contributed by atoms with E-state index in [4.69, 9.17) is 4.74 Å². The molecular weight excluding hydrogens is 376 g/mol. The van der Waals surface area contributed by atoms with Gasteiger partial charge < -0.3 is 10.1 Å². The SMILES string of the molecule is CNC(C)(C)Cn1ncc2cc(-n3ccc(OCc4ccccc4)cc3=O)ccc21. The number of benzene rings is 2. The Labute approximate surface area is 175 Å². The van der Waals surface area contributed by atoms with E-state index in [1.807, 2.05) is 72.5 Å². The van der Waals surface area contributed by atoms with Crippen LogP contribution in [-0.4, -0.2) is 26.9 Å². The molecule has 0 aliphatic carbocycles. The molecule has 4 rings (SSSR count). The molecule has 0 aliphatic heterocycles. The van der Waals surface area contributed by atoms with Crippen LogP contribution >= 0.6 is 0 Å². The van der Waals surface area contributed by atoms with E-state index in [1.165, 1.54) is 6.07 Å². The number of ether oxygens (including phenoxy) is 1. The molecule has 0 bridgehead atoms. The summed E-state index contributed by atoms with van der Waals surface area (Å²) in [7, 11) is 1.95. The number of aromatic nitrogens is 3. The van der Waals surface area contributed by atoms with Gasteiger partial charge in [-0.05, 0) is 50.7 Å². The van der Waals surface area contributed by atoms with Gasteiger partial charge in [0.2, 0.25) is 0 Å². The molecule has 0 aliphatic rings. The van der Waals surface area contributed by atoms with E-state index >= 15 is 0 Å². The van der Waals surface area contributed by atoms with Crippen LogP contribution in [0.4, 0.5) is 0 Å². The Morgan fingerprint density at radius 3 is 2.60 bits per heavy atom. The first-order valence-electron chi connectivity index (χ1n) is 9.99. The van der Waals surface area contributed by atoms with E-state index in [2.05, 4.69) is 24.3 Å². The third-order valence-corrected chi connectivity index (χ3v) is 5.26. The average molecular weight is 402 g/mol. The Kier molecular flexibility index (Phi) is 5.42. The molecule has 6 heteroatoms. The van der Waals surface area contributed by atoms with Gasteiger partial charge in [-0.25, -0.2) is 0 Å². The first-order chi connectivity index (χ1) is 14.4. The van der Waals surface area contributed by atoms with Crippen molar-refractivity contribution >= 4 is 10.9 Å². The zero-order valence-electron chi connectivity index (χ0n) is 17.5. The van der Waals surface area contributed by atoms with Gasteiger partial charge in [-0.15, -0.1) is 0 Å². The molecule has 0 saturated heterocycles. The third kappa shape index (κ3) is 4.28. The molecular formula is C24H26N4O2. The molecule has 0 unspecified atom stereocenters. The molecule has 0 saturated carbocycles. The molecule has 0 atom stereocenters. The van der Waals surface area contributed by atoms with Crippen molar-refractivity contribution in [3.05, 3.63) is 89.0 Å². The molecule has 30 heavy (non-hydrogen) atoms. The van der Waals surface area contributed by atoms with Gasteiger partial charge in [0.25, 0.3) is 5.56 Å². The van der Waals surface area contributed by atoms with E-state index in [0.29, 0.717) is 12.4 Å². The maximum Gasteiger partial charge on any atom is 0.258 e. The molecule has 2 aromatic carbocycles. The van der Waals surface area contributed by atoms with Gasteiger partial charge in [-0.1, -0.05) is 30.3 Å². The van der Waals surface area contributed by atoms with Crippen molar-refractivity contribution in [2.75, 3.05) is 7.05 Å². The summed E-state index contributed by atoms with van der Waals surface area (Å²) in [5.74, 6) is 0.559. The number of hydrogen-bond acceptors (Lipinski definition) is 4. The van der Waals surface area contributed by atoms with E-state index in [0.717, 1.165) is 28.7 Å². The number of nitrogens with one attached hydrogen (secondary N) is 1. The standard InChI is InChI=1S/C24H26N4O2/c1-24(2,25-3)17-28-22-10-9-20(13-19(22)15-26-28)27-12-11-21(14-23(27)29)30-16-18-7-5-4-6-8-18/h4-15,25H,16-17H2,1-3H3. The highest BCUT2D eigenvalue weighted by atomic mass is 16.5. The molecule has 2 heterocycles. The number of rotatable bonds is 7. The Bertz CT molecular complexity index is 1210. The van der Waals surface area contributed by atoms with Crippen LogP contribution in [0.3, 0.4) is 0 Å². The zero-order valence-corrected chi connectivity index (χ0v) is 17.5. The molecule has 0 radical (unpaired) electrons. The van der Waals surface area contributed by atoms with Crippen LogP contribution in [0.15, 0.2) is 77.9 Å². The van der Waals surface area contributed by atoms with E-state index in [9.17, 15) is 4.79 Å². The number of likely N-dealkylation sites (N-methyl/N-ethyl adjacent to an activating group) is 1. The van der Waals surface area contributed by atoms with Gasteiger partial charge in [-0.2, -0.15) is 5.10 Å². The number of pyridine rings is 1. The number of fused-ring (bicyclic) bond motifs is 1. The highest BCUT2D eigenvalue weighted by Crippen LogP contribution is 2.20. The predicted molar refractivity (Wildman–Crippen MR) is 119 cm³/mol. The Balaban J connectivity index is 1.55. The lowest BCUT2D eigenvalue weighted by Gasteiger charge is -2.24. The highest BCUT2D eigenvalue weighted by molar-refractivity contribution is 5.81. The fourth-order valence-corrected chi connectivity index (χ4v) is 3.31. The molecule has 4 aromatic rings. The largest absolute Gasteiger partial charge is 0.489 e. The normalized spacial score (nSPS) is 11.7. The van der Waals surface area contributed by atoms with Crippen molar-refractivity contribution in [3.8, 4) is 11.4 Å². The van der Waals surface area contributed by atoms with Crippen molar-refractivity contribution in [2.24, 2.45) is 0 Å². The topological polar surface area (TPSA) is 61.1 Å². The lowest BCUT2D eigenvalue weighted by Crippen LogP contribution is -2.40. The van der Waals surface area contributed by atoms with Gasteiger partial charge >= 0.3 is 0 Å². The summed E-state index contributed by atoms with van der Waals surface area (Å²) in [5.41, 5.74) is 2.70. The van der Waals surface area contributed by atoms with E-state index in [-0.39, 0.29) is 11.1 Å². The lowest BCUT2D eigenvalue weighted by molar-refractivity contribution is 0.305. The maximum absolute atomic E-state index is 12.7. The molecule has 1 N–H and O–H groups in total. The Morgan fingerprint density at radius 2 is 1.87 bits per heavy atom. The molecule has 0 fully saturated rings. The van der Waals surface area contributed by atoms with Gasteiger partial charge in [0.05, 0.1) is 18.3 Å². The van der Waals surface area contributed by atoms with Crippen LogP contribution in [0.5, 0.6) is 5.75 Å². The van der Waals surface area contributed by atoms with E-state index < -0.39 is 0 Å². The average Bonchev–Trinajstić information content (AvgIpc) is 3.14. The summed E-state index contributed by atoms with van der Waals surface area (Å²) in [6, 6.07) is 19.2. The van der Waals surface area contributed by atoms with Crippen LogP contribution < -0.4 is 15.6 Å². The van der Waals surface area contributed by atoms with Crippen LogP contribution in [-0.2, 0) is 13.2 Å². The van der Waals surface area contributed by atoms with Crippen LogP contribution in [0.2, 0.25) is 0 Å². The molecule has 0 amide bonds. The molecule has 154 valence electrons. The Hall–Kier alpha value is -3.38. The number of hydrogen-bond donors (Lipinski definition) is 1. The van der Waals surface area contributed by atoms with Crippen molar-refractivity contribution < 1.29 is 4.74 Å². The summed E-state index contributed by atoms with van der Waals surface area (Å²) in [5, 5.41) is 8.82. The van der Waals surface area contributed by atoms with Crippen molar-refractivity contribution in [1.82, 2.24) is 19.7 Å². The summed E-state index contributed by atoms with van der Waals surface area (Å²) < 4.78 is 9.36. The minimum atomic E-state index is -0.136. The minimum absolute atomic E-state index is 0.0653. The monoisotopic (exact) mass is 402 g/mol.